The standard InChI is InChI=1S/C9H12NO6/c1-6(11)2-5-9(14)16-10(15)7(12)3-4-8(10)13/h15H,2-5H2,1H3/q+1. The van der Waals surface area contributed by atoms with E-state index in [1.54, 1.807) is 0 Å². The van der Waals surface area contributed by atoms with Crippen LogP contribution in [0.2, 0.25) is 0 Å². The quantitative estimate of drug-likeness (QED) is 0.410. The number of ketones is 1. The molecule has 2 amide bonds. The van der Waals surface area contributed by atoms with E-state index in [1.165, 1.54) is 6.92 Å². The summed E-state index contributed by atoms with van der Waals surface area (Å²) >= 11 is 0. The zero-order chi connectivity index (χ0) is 12.3. The monoisotopic (exact) mass is 230 g/mol. The molecule has 1 aliphatic heterocycles. The maximum atomic E-state index is 11.1. The van der Waals surface area contributed by atoms with Crippen LogP contribution in [0.1, 0.15) is 32.6 Å². The number of hydrogen-bond donors (Lipinski definition) is 1. The fourth-order valence-corrected chi connectivity index (χ4v) is 1.23. The largest absolute Gasteiger partial charge is 0.397 e. The van der Waals surface area contributed by atoms with Gasteiger partial charge in [0.05, 0.1) is 19.3 Å². The molecule has 0 aliphatic carbocycles. The Bertz CT molecular complexity index is 345. The van der Waals surface area contributed by atoms with Gasteiger partial charge in [0.2, 0.25) is 0 Å². The fraction of sp³-hybridized carbons (Fsp3) is 0.556. The van der Waals surface area contributed by atoms with E-state index in [2.05, 4.69) is 4.84 Å². The molecule has 16 heavy (non-hydrogen) atoms. The van der Waals surface area contributed by atoms with Gasteiger partial charge in [0.25, 0.3) is 0 Å². The van der Waals surface area contributed by atoms with Crippen molar-refractivity contribution in [1.29, 1.82) is 0 Å². The first-order valence-electron chi connectivity index (χ1n) is 4.76. The number of hydroxylamine groups is 4. The molecule has 0 radical (unpaired) electrons. The van der Waals surface area contributed by atoms with Gasteiger partial charge in [-0.1, -0.05) is 0 Å². The molecule has 88 valence electrons. The molecule has 0 unspecified atom stereocenters. The van der Waals surface area contributed by atoms with E-state index in [0.717, 1.165) is 0 Å². The average Bonchev–Trinajstić information content (AvgIpc) is 2.43. The molecule has 1 saturated heterocycles. The summed E-state index contributed by atoms with van der Waals surface area (Å²) in [6.45, 7) is 1.29. The first-order valence-corrected chi connectivity index (χ1v) is 4.76. The van der Waals surface area contributed by atoms with Crippen LogP contribution in [0.15, 0.2) is 0 Å². The molecule has 7 heteroatoms. The number of carbonyl (C=O) groups excluding carboxylic acids is 4. The lowest BCUT2D eigenvalue weighted by Gasteiger charge is -2.15. The predicted molar refractivity (Wildman–Crippen MR) is 47.3 cm³/mol. The average molecular weight is 230 g/mol. The summed E-state index contributed by atoms with van der Waals surface area (Å²) in [7, 11) is 0. The van der Waals surface area contributed by atoms with E-state index in [9.17, 15) is 24.4 Å². The van der Waals surface area contributed by atoms with Gasteiger partial charge in [-0.15, -0.1) is 0 Å². The lowest BCUT2D eigenvalue weighted by Crippen LogP contribution is -2.50. The Kier molecular flexibility index (Phi) is 3.51. The molecule has 7 nitrogen and oxygen atoms in total. The van der Waals surface area contributed by atoms with Gasteiger partial charge < -0.3 is 4.79 Å². The summed E-state index contributed by atoms with van der Waals surface area (Å²) in [5, 5.41) is 9.47. The number of imide groups is 1. The van der Waals surface area contributed by atoms with E-state index >= 15 is 0 Å². The zero-order valence-corrected chi connectivity index (χ0v) is 8.76. The van der Waals surface area contributed by atoms with Crippen molar-refractivity contribution in [1.82, 2.24) is 0 Å². The molecule has 0 aromatic carbocycles. The second kappa shape index (κ2) is 4.50. The Morgan fingerprint density at radius 2 is 1.75 bits per heavy atom. The zero-order valence-electron chi connectivity index (χ0n) is 8.76. The highest BCUT2D eigenvalue weighted by molar-refractivity contribution is 5.91. The molecular weight excluding hydrogens is 218 g/mol. The number of quaternary nitrogens is 1. The number of amides is 2. The van der Waals surface area contributed by atoms with Gasteiger partial charge in [0.1, 0.15) is 10.6 Å². The molecule has 1 rings (SSSR count). The lowest BCUT2D eigenvalue weighted by molar-refractivity contribution is -1.12. The molecule has 1 heterocycles. The Morgan fingerprint density at radius 1 is 1.25 bits per heavy atom. The molecule has 0 atom stereocenters. The van der Waals surface area contributed by atoms with Crippen LogP contribution >= 0.6 is 0 Å². The molecule has 0 spiro atoms. The van der Waals surface area contributed by atoms with E-state index in [0.29, 0.717) is 0 Å². The SMILES string of the molecule is CC(=O)CCC(=O)O[N+]1(O)C(=O)CCC1=O. The number of nitrogens with zero attached hydrogens (tertiary/aromatic N) is 1. The highest BCUT2D eigenvalue weighted by Crippen LogP contribution is 2.21. The summed E-state index contributed by atoms with van der Waals surface area (Å²) < 4.78 is 0. The molecule has 1 fully saturated rings. The number of rotatable bonds is 4. The number of Topliss-reactive ketones (excluding diaryl/α,β-unsaturated/α-hetero) is 1. The van der Waals surface area contributed by atoms with Crippen LogP contribution in [0.5, 0.6) is 0 Å². The van der Waals surface area contributed by atoms with Crippen molar-refractivity contribution in [2.75, 3.05) is 0 Å². The summed E-state index contributed by atoms with van der Waals surface area (Å²) in [5.74, 6) is -2.93. The third kappa shape index (κ3) is 2.50. The summed E-state index contributed by atoms with van der Waals surface area (Å²) in [5.41, 5.74) is 0. The molecule has 0 bridgehead atoms. The van der Waals surface area contributed by atoms with Crippen molar-refractivity contribution in [3.8, 4) is 0 Å². The van der Waals surface area contributed by atoms with Crippen molar-refractivity contribution in [2.24, 2.45) is 0 Å². The topological polar surface area (TPSA) is 97.7 Å². The van der Waals surface area contributed by atoms with Crippen LogP contribution in [0.3, 0.4) is 0 Å². The van der Waals surface area contributed by atoms with E-state index in [-0.39, 0.29) is 31.5 Å². The highest BCUT2D eigenvalue weighted by atomic mass is 17.0. The molecule has 1 aliphatic rings. The van der Waals surface area contributed by atoms with Gasteiger partial charge in [-0.2, -0.15) is 5.21 Å². The first-order chi connectivity index (χ1) is 7.36. The maximum Gasteiger partial charge on any atom is 0.397 e. The summed E-state index contributed by atoms with van der Waals surface area (Å²) in [6.07, 6.45) is -0.637. The van der Waals surface area contributed by atoms with Gasteiger partial charge in [0.15, 0.2) is 0 Å². The highest BCUT2D eigenvalue weighted by Gasteiger charge is 2.55. The van der Waals surface area contributed by atoms with E-state index < -0.39 is 22.6 Å². The summed E-state index contributed by atoms with van der Waals surface area (Å²) in [6, 6.07) is 0. The minimum Gasteiger partial charge on any atom is -0.300 e. The van der Waals surface area contributed by atoms with Crippen LogP contribution in [0.4, 0.5) is 0 Å². The molecule has 0 aromatic rings. The van der Waals surface area contributed by atoms with E-state index in [4.69, 9.17) is 0 Å². The van der Waals surface area contributed by atoms with Crippen molar-refractivity contribution in [3.05, 3.63) is 0 Å². The Hall–Kier alpha value is -1.60. The fourth-order valence-electron chi connectivity index (χ4n) is 1.23. The Morgan fingerprint density at radius 3 is 2.19 bits per heavy atom. The minimum absolute atomic E-state index is 0.0544. The van der Waals surface area contributed by atoms with Gasteiger partial charge in [-0.05, 0) is 6.92 Å². The van der Waals surface area contributed by atoms with Crippen molar-refractivity contribution < 1.29 is 34.0 Å². The molecule has 0 saturated carbocycles. The van der Waals surface area contributed by atoms with Crippen LogP contribution in [-0.4, -0.2) is 33.6 Å². The lowest BCUT2D eigenvalue weighted by atomic mass is 10.2. The van der Waals surface area contributed by atoms with Crippen LogP contribution < -0.4 is 0 Å². The van der Waals surface area contributed by atoms with Crippen LogP contribution in [0, 0.1) is 0 Å². The first kappa shape index (κ1) is 12.5. The van der Waals surface area contributed by atoms with Crippen LogP contribution in [-0.2, 0) is 24.0 Å². The Labute approximate surface area is 91.1 Å². The van der Waals surface area contributed by atoms with Crippen molar-refractivity contribution in [3.63, 3.8) is 0 Å². The Balaban J connectivity index is 2.59. The van der Waals surface area contributed by atoms with Crippen LogP contribution in [0.25, 0.3) is 0 Å². The van der Waals surface area contributed by atoms with E-state index in [1.807, 2.05) is 0 Å². The van der Waals surface area contributed by atoms with Gasteiger partial charge in [-0.25, -0.2) is 19.2 Å². The number of carbonyl (C=O) groups is 4. The number of hydrogen-bond acceptors (Lipinski definition) is 6. The minimum atomic E-state index is -1.92. The van der Waals surface area contributed by atoms with Gasteiger partial charge in [0, 0.05) is 6.42 Å². The molecule has 1 N–H and O–H groups in total. The second-order valence-corrected chi connectivity index (χ2v) is 3.53. The third-order valence-electron chi connectivity index (χ3n) is 2.14. The van der Waals surface area contributed by atoms with Gasteiger partial charge >= 0.3 is 17.8 Å². The normalized spacial score (nSPS) is 18.6. The molecule has 0 aromatic heterocycles. The predicted octanol–water partition coefficient (Wildman–Crippen LogP) is -0.133. The molecular formula is C9H12NO6+. The smallest absolute Gasteiger partial charge is 0.300 e. The van der Waals surface area contributed by atoms with Crippen molar-refractivity contribution in [2.45, 2.75) is 32.6 Å². The van der Waals surface area contributed by atoms with Crippen molar-refractivity contribution >= 4 is 23.6 Å². The summed E-state index contributed by atoms with van der Waals surface area (Å²) in [4.78, 5) is 46.5. The second-order valence-electron chi connectivity index (χ2n) is 3.53. The third-order valence-corrected chi connectivity index (χ3v) is 2.14. The maximum absolute atomic E-state index is 11.1. The van der Waals surface area contributed by atoms with Gasteiger partial charge in [-0.3, -0.25) is 0 Å².